The summed E-state index contributed by atoms with van der Waals surface area (Å²) in [5, 5.41) is 5.94. The average molecular weight is 572 g/mol. The molecular weight excluding hydrogens is 535 g/mol. The number of nitrogens with one attached hydrogen (secondary N) is 2. The normalized spacial score (nSPS) is 22.1. The van der Waals surface area contributed by atoms with E-state index in [2.05, 4.69) is 20.5 Å². The molecule has 5 rings (SSSR count). The van der Waals surface area contributed by atoms with Crippen LogP contribution in [0.1, 0.15) is 102 Å². The van der Waals surface area contributed by atoms with Gasteiger partial charge in [-0.1, -0.05) is 13.8 Å². The number of carbonyl (C=O) groups excluding carboxylic acids is 3. The molecule has 0 radical (unpaired) electrons. The topological polar surface area (TPSA) is 117 Å². The van der Waals surface area contributed by atoms with Crippen LogP contribution < -0.4 is 21.3 Å². The maximum Gasteiger partial charge on any atom is 0.417 e. The first-order valence-corrected chi connectivity index (χ1v) is 14.4. The second-order valence-electron chi connectivity index (χ2n) is 11.4. The number of hydrogen-bond acceptors (Lipinski definition) is 6. The highest BCUT2D eigenvalue weighted by Crippen LogP contribution is 2.40. The predicted molar refractivity (Wildman–Crippen MR) is 149 cm³/mol. The van der Waals surface area contributed by atoms with Crippen molar-refractivity contribution in [1.82, 2.24) is 10.3 Å². The van der Waals surface area contributed by atoms with Gasteiger partial charge in [0.15, 0.2) is 5.78 Å². The number of aromatic nitrogens is 1. The zero-order chi connectivity index (χ0) is 29.5. The van der Waals surface area contributed by atoms with Crippen molar-refractivity contribution in [3.63, 3.8) is 0 Å². The van der Waals surface area contributed by atoms with Crippen molar-refractivity contribution in [2.45, 2.75) is 95.6 Å². The summed E-state index contributed by atoms with van der Waals surface area (Å²) in [7, 11) is 0. The number of amides is 2. The molecule has 3 aliphatic rings. The molecule has 2 atom stereocenters. The van der Waals surface area contributed by atoms with E-state index in [0.29, 0.717) is 37.3 Å². The van der Waals surface area contributed by atoms with Gasteiger partial charge in [0.05, 0.1) is 16.7 Å². The fraction of sp³-hybridized carbons (Fsp3) is 0.533. The van der Waals surface area contributed by atoms with Gasteiger partial charge in [0.25, 0.3) is 11.8 Å². The molecule has 1 aromatic carbocycles. The van der Waals surface area contributed by atoms with Crippen LogP contribution in [0.15, 0.2) is 30.5 Å². The van der Waals surface area contributed by atoms with Gasteiger partial charge in [-0.3, -0.25) is 14.4 Å². The number of primary amides is 1. The number of alkyl halides is 3. The quantitative estimate of drug-likeness (QED) is 0.332. The number of piperidine rings is 1. The van der Waals surface area contributed by atoms with Gasteiger partial charge in [-0.15, -0.1) is 0 Å². The number of ketones is 1. The number of hydrogen-bond donors (Lipinski definition) is 3. The summed E-state index contributed by atoms with van der Waals surface area (Å²) >= 11 is 0. The Kier molecular flexibility index (Phi) is 7.98. The lowest BCUT2D eigenvalue weighted by Gasteiger charge is -2.40. The molecule has 8 nitrogen and oxygen atoms in total. The first kappa shape index (κ1) is 28.9. The number of fused-ring (bicyclic) bond motifs is 2. The van der Waals surface area contributed by atoms with Crippen molar-refractivity contribution in [2.24, 2.45) is 11.7 Å². The van der Waals surface area contributed by atoms with Gasteiger partial charge in [0.2, 0.25) is 0 Å². The number of benzene rings is 1. The van der Waals surface area contributed by atoms with Gasteiger partial charge in [-0.05, 0) is 75.6 Å². The molecule has 0 spiro atoms. The minimum absolute atomic E-state index is 0.0722. The fourth-order valence-electron chi connectivity index (χ4n) is 6.26. The van der Waals surface area contributed by atoms with Crippen molar-refractivity contribution in [3.05, 3.63) is 52.7 Å². The molecule has 220 valence electrons. The summed E-state index contributed by atoms with van der Waals surface area (Å²) < 4.78 is 42.2. The van der Waals surface area contributed by atoms with E-state index in [1.807, 2.05) is 26.0 Å². The third-order valence-corrected chi connectivity index (χ3v) is 8.63. The van der Waals surface area contributed by atoms with Crippen molar-refractivity contribution in [1.29, 1.82) is 0 Å². The van der Waals surface area contributed by atoms with Crippen LogP contribution in [-0.2, 0) is 6.18 Å². The van der Waals surface area contributed by atoms with Gasteiger partial charge in [0, 0.05) is 47.5 Å². The minimum atomic E-state index is -4.86. The first-order valence-electron chi connectivity index (χ1n) is 14.4. The molecule has 2 unspecified atom stereocenters. The molecule has 3 fully saturated rings. The smallest absolute Gasteiger partial charge is 0.382 e. The molecule has 2 bridgehead atoms. The van der Waals surface area contributed by atoms with E-state index < -0.39 is 29.1 Å². The van der Waals surface area contributed by atoms with E-state index in [4.69, 9.17) is 5.73 Å². The van der Waals surface area contributed by atoms with Crippen LogP contribution in [0.3, 0.4) is 0 Å². The Labute approximate surface area is 237 Å². The molecule has 3 heterocycles. The van der Waals surface area contributed by atoms with Crippen LogP contribution in [0.4, 0.5) is 24.7 Å². The van der Waals surface area contributed by atoms with E-state index in [0.717, 1.165) is 37.6 Å². The highest BCUT2D eigenvalue weighted by Gasteiger charge is 2.43. The van der Waals surface area contributed by atoms with Gasteiger partial charge < -0.3 is 21.3 Å². The summed E-state index contributed by atoms with van der Waals surface area (Å²) in [6.45, 7) is 3.84. The lowest BCUT2D eigenvalue weighted by Crippen LogP contribution is -2.51. The number of anilines is 2. The zero-order valence-electron chi connectivity index (χ0n) is 23.3. The second kappa shape index (κ2) is 11.3. The highest BCUT2D eigenvalue weighted by atomic mass is 19.4. The van der Waals surface area contributed by atoms with E-state index in [9.17, 15) is 27.6 Å². The summed E-state index contributed by atoms with van der Waals surface area (Å²) in [5.74, 6) is -0.810. The average Bonchev–Trinajstić information content (AvgIpc) is 3.75. The zero-order valence-corrected chi connectivity index (χ0v) is 23.3. The van der Waals surface area contributed by atoms with Crippen molar-refractivity contribution in [3.8, 4) is 0 Å². The van der Waals surface area contributed by atoms with Gasteiger partial charge in [-0.2, -0.15) is 13.2 Å². The maximum atomic E-state index is 14.1. The monoisotopic (exact) mass is 571 g/mol. The summed E-state index contributed by atoms with van der Waals surface area (Å²) in [5.41, 5.74) is 4.13. The van der Waals surface area contributed by atoms with Crippen molar-refractivity contribution < 1.29 is 27.6 Å². The Balaban J connectivity index is 1.34. The molecule has 1 aromatic heterocycles. The van der Waals surface area contributed by atoms with Gasteiger partial charge >= 0.3 is 6.18 Å². The Morgan fingerprint density at radius 3 is 2.20 bits per heavy atom. The number of nitrogens with zero attached hydrogens (tertiary/aromatic N) is 2. The Morgan fingerprint density at radius 2 is 1.68 bits per heavy atom. The van der Waals surface area contributed by atoms with Crippen LogP contribution in [-0.4, -0.2) is 46.7 Å². The van der Waals surface area contributed by atoms with E-state index in [-0.39, 0.29) is 47.1 Å². The fourth-order valence-corrected chi connectivity index (χ4v) is 6.26. The summed E-state index contributed by atoms with van der Waals surface area (Å²) in [6, 6.07) is 5.19. The highest BCUT2D eigenvalue weighted by molar-refractivity contribution is 6.03. The molecule has 1 aliphatic carbocycles. The van der Waals surface area contributed by atoms with Crippen molar-refractivity contribution >= 4 is 29.1 Å². The Morgan fingerprint density at radius 1 is 1.02 bits per heavy atom. The number of nitrogens with two attached hydrogens (primary N) is 1. The van der Waals surface area contributed by atoms with E-state index in [1.165, 1.54) is 0 Å². The van der Waals surface area contributed by atoms with Crippen LogP contribution in [0.5, 0.6) is 0 Å². The summed E-state index contributed by atoms with van der Waals surface area (Å²) in [6.07, 6.45) is 2.87. The number of carbonyl (C=O) groups is 3. The van der Waals surface area contributed by atoms with Crippen LogP contribution >= 0.6 is 0 Å². The Bertz CT molecular complexity index is 1310. The predicted octanol–water partition coefficient (Wildman–Crippen LogP) is 5.32. The Hall–Kier alpha value is -3.63. The third-order valence-electron chi connectivity index (χ3n) is 8.63. The van der Waals surface area contributed by atoms with E-state index in [1.54, 1.807) is 6.20 Å². The number of rotatable bonds is 10. The van der Waals surface area contributed by atoms with E-state index >= 15 is 0 Å². The largest absolute Gasteiger partial charge is 0.417 e. The number of Topliss-reactive ketones (excluding diaryl/α,β-unsaturated/α-hetero) is 1. The lowest BCUT2D eigenvalue weighted by atomic mass is 9.95. The van der Waals surface area contributed by atoms with Gasteiger partial charge in [0.1, 0.15) is 5.82 Å². The summed E-state index contributed by atoms with van der Waals surface area (Å²) in [4.78, 5) is 44.6. The molecule has 41 heavy (non-hydrogen) atoms. The molecule has 2 amide bonds. The van der Waals surface area contributed by atoms with Crippen molar-refractivity contribution in [2.75, 3.05) is 10.2 Å². The molecule has 2 aromatic rings. The minimum Gasteiger partial charge on any atom is -0.382 e. The van der Waals surface area contributed by atoms with Crippen LogP contribution in [0.2, 0.25) is 0 Å². The molecule has 2 aliphatic heterocycles. The first-order chi connectivity index (χ1) is 19.5. The number of halogens is 3. The maximum absolute atomic E-state index is 14.1. The lowest BCUT2D eigenvalue weighted by molar-refractivity contribution is -0.137. The molecule has 11 heteroatoms. The van der Waals surface area contributed by atoms with Crippen LogP contribution in [0.25, 0.3) is 0 Å². The molecule has 2 saturated heterocycles. The molecular formula is C30H36F3N5O3. The van der Waals surface area contributed by atoms with Gasteiger partial charge in [-0.25, -0.2) is 4.98 Å². The standard InChI is InChI=1S/C30H36F3N5O3/c1-3-18(4-2)36-25-14-22(24(30(31,32)33)13-23(25)28(34)40)29(41)37-19-11-20-8-9-21(12-19)38(20)26-10-7-17(15-35-26)27(39)16-5-6-16/h7,10,13-16,18-21,36H,3-6,8-9,11-12H2,1-2H3,(H2,34,40)(H,37,41). The molecule has 4 N–H and O–H groups in total. The second-order valence-corrected chi connectivity index (χ2v) is 11.4. The van der Waals surface area contributed by atoms with Crippen LogP contribution in [0, 0.1) is 5.92 Å². The third kappa shape index (κ3) is 6.04. The number of pyridine rings is 1. The SMILES string of the molecule is CCC(CC)Nc1cc(C(=O)NC2CC3CCC(C2)N3c2ccc(C(=O)C3CC3)cn2)c(C(F)(F)F)cc1C(N)=O. The molecule has 1 saturated carbocycles.